The van der Waals surface area contributed by atoms with Crippen molar-refractivity contribution in [2.75, 3.05) is 40.6 Å². The van der Waals surface area contributed by atoms with E-state index >= 15 is 0 Å². The predicted octanol–water partition coefficient (Wildman–Crippen LogP) is 2.91. The van der Waals surface area contributed by atoms with Gasteiger partial charge < -0.3 is 28.4 Å². The average Bonchev–Trinajstić information content (AvgIpc) is 2.90. The highest BCUT2D eigenvalue weighted by atomic mass is 16.6. The Balaban J connectivity index is 1.97. The number of ether oxygens (including phenoxy) is 6. The summed E-state index contributed by atoms with van der Waals surface area (Å²) in [4.78, 5) is 50.1. The first-order chi connectivity index (χ1) is 17.5. The van der Waals surface area contributed by atoms with Gasteiger partial charge in [-0.1, -0.05) is 38.5 Å². The van der Waals surface area contributed by atoms with Crippen LogP contribution in [0.2, 0.25) is 0 Å². The molecule has 0 saturated heterocycles. The minimum Gasteiger partial charge on any atom is -0.460 e. The van der Waals surface area contributed by atoms with Gasteiger partial charge in [0.1, 0.15) is 13.2 Å². The SMILES string of the molecule is COCCOC(=O)C(OC(=O)/C=C/C(=O)OC(C(=O)OCCOC)C1CCCCC1)C1CCCCC1. The molecule has 2 aliphatic carbocycles. The molecule has 2 fully saturated rings. The number of esters is 4. The summed E-state index contributed by atoms with van der Waals surface area (Å²) >= 11 is 0. The van der Waals surface area contributed by atoms with Crippen LogP contribution in [0.3, 0.4) is 0 Å². The van der Waals surface area contributed by atoms with Crippen LogP contribution in [0.25, 0.3) is 0 Å². The number of methoxy groups -OCH3 is 2. The summed E-state index contributed by atoms with van der Waals surface area (Å²) in [5, 5.41) is 0. The monoisotopic (exact) mass is 512 g/mol. The molecule has 0 bridgehead atoms. The van der Waals surface area contributed by atoms with Gasteiger partial charge in [0.2, 0.25) is 12.2 Å². The number of carbonyl (C=O) groups excluding carboxylic acids is 4. The van der Waals surface area contributed by atoms with E-state index in [0.717, 1.165) is 76.4 Å². The summed E-state index contributed by atoms with van der Waals surface area (Å²) in [5.41, 5.74) is 0. The molecule has 0 aliphatic heterocycles. The molecule has 0 spiro atoms. The van der Waals surface area contributed by atoms with Crippen molar-refractivity contribution in [1.82, 2.24) is 0 Å². The molecule has 10 nitrogen and oxygen atoms in total. The van der Waals surface area contributed by atoms with E-state index in [1.54, 1.807) is 0 Å². The van der Waals surface area contributed by atoms with E-state index in [1.807, 2.05) is 0 Å². The minimum atomic E-state index is -1.05. The summed E-state index contributed by atoms with van der Waals surface area (Å²) in [5.74, 6) is -3.25. The molecule has 204 valence electrons. The Hall–Kier alpha value is -2.46. The first-order valence-electron chi connectivity index (χ1n) is 12.9. The molecule has 10 heteroatoms. The lowest BCUT2D eigenvalue weighted by atomic mass is 9.85. The maximum atomic E-state index is 12.6. The van der Waals surface area contributed by atoms with E-state index in [-0.39, 0.29) is 38.3 Å². The standard InChI is InChI=1S/C26H40O10/c1-31-15-17-33-25(29)23(19-9-5-3-6-10-19)35-21(27)13-14-22(28)36-24(20-11-7-4-8-12-20)26(30)34-18-16-32-2/h13-14,19-20,23-24H,3-12,15-18H2,1-2H3/b14-13+. The number of hydrogen-bond donors (Lipinski definition) is 0. The van der Waals surface area contributed by atoms with E-state index < -0.39 is 36.1 Å². The van der Waals surface area contributed by atoms with Gasteiger partial charge in [0, 0.05) is 38.2 Å². The van der Waals surface area contributed by atoms with Crippen molar-refractivity contribution < 1.29 is 47.6 Å². The predicted molar refractivity (Wildman–Crippen MR) is 128 cm³/mol. The van der Waals surface area contributed by atoms with Gasteiger partial charge in [0.15, 0.2) is 0 Å². The van der Waals surface area contributed by atoms with Gasteiger partial charge in [0.25, 0.3) is 0 Å². The summed E-state index contributed by atoms with van der Waals surface area (Å²) in [6.45, 7) is 0.584. The molecule has 0 aromatic heterocycles. The molecule has 2 saturated carbocycles. The smallest absolute Gasteiger partial charge is 0.347 e. The first-order valence-corrected chi connectivity index (χ1v) is 12.9. The highest BCUT2D eigenvalue weighted by molar-refractivity contribution is 5.93. The third kappa shape index (κ3) is 10.7. The average molecular weight is 513 g/mol. The van der Waals surface area contributed by atoms with E-state index in [9.17, 15) is 19.2 Å². The van der Waals surface area contributed by atoms with Gasteiger partial charge in [-0.3, -0.25) is 0 Å². The van der Waals surface area contributed by atoms with Crippen LogP contribution in [0.5, 0.6) is 0 Å². The Morgan fingerprint density at radius 2 is 0.972 bits per heavy atom. The summed E-state index contributed by atoms with van der Waals surface area (Å²) < 4.78 is 31.0. The molecule has 0 radical (unpaired) electrons. The molecule has 2 atom stereocenters. The zero-order valence-corrected chi connectivity index (χ0v) is 21.4. The Morgan fingerprint density at radius 1 is 0.611 bits per heavy atom. The fourth-order valence-corrected chi connectivity index (χ4v) is 4.63. The van der Waals surface area contributed by atoms with Crippen molar-refractivity contribution >= 4 is 23.9 Å². The van der Waals surface area contributed by atoms with Crippen molar-refractivity contribution in [2.24, 2.45) is 11.8 Å². The van der Waals surface area contributed by atoms with Gasteiger partial charge in [0.05, 0.1) is 13.2 Å². The molecule has 2 unspecified atom stereocenters. The molecule has 0 heterocycles. The maximum Gasteiger partial charge on any atom is 0.347 e. The normalized spacial score (nSPS) is 18.8. The quantitative estimate of drug-likeness (QED) is 0.148. The van der Waals surface area contributed by atoms with Crippen molar-refractivity contribution in [3.8, 4) is 0 Å². The second-order valence-corrected chi connectivity index (χ2v) is 9.17. The second kappa shape index (κ2) is 17.1. The van der Waals surface area contributed by atoms with Gasteiger partial charge in [-0.25, -0.2) is 19.2 Å². The summed E-state index contributed by atoms with van der Waals surface area (Å²) in [6.07, 6.45) is 8.60. The van der Waals surface area contributed by atoms with Crippen molar-refractivity contribution in [3.63, 3.8) is 0 Å². The molecule has 0 amide bonds. The van der Waals surface area contributed by atoms with Crippen LogP contribution in [0, 0.1) is 11.8 Å². The Bertz CT molecular complexity index is 662. The Labute approximate surface area is 212 Å². The number of carbonyl (C=O) groups is 4. The zero-order chi connectivity index (χ0) is 26.2. The zero-order valence-electron chi connectivity index (χ0n) is 21.4. The summed E-state index contributed by atoms with van der Waals surface area (Å²) in [7, 11) is 2.99. The fraction of sp³-hybridized carbons (Fsp3) is 0.769. The third-order valence-electron chi connectivity index (χ3n) is 6.53. The molecule has 2 aliphatic rings. The van der Waals surface area contributed by atoms with Crippen LogP contribution in [0.1, 0.15) is 64.2 Å². The van der Waals surface area contributed by atoms with Crippen molar-refractivity contribution in [2.45, 2.75) is 76.4 Å². The van der Waals surface area contributed by atoms with Crippen molar-refractivity contribution in [1.29, 1.82) is 0 Å². The van der Waals surface area contributed by atoms with E-state index in [1.165, 1.54) is 14.2 Å². The van der Waals surface area contributed by atoms with Gasteiger partial charge in [-0.15, -0.1) is 0 Å². The maximum absolute atomic E-state index is 12.6. The topological polar surface area (TPSA) is 124 Å². The molecule has 2 rings (SSSR count). The molecule has 0 N–H and O–H groups in total. The van der Waals surface area contributed by atoms with E-state index in [2.05, 4.69) is 0 Å². The lowest BCUT2D eigenvalue weighted by Gasteiger charge is -2.28. The Kier molecular flexibility index (Phi) is 14.1. The Morgan fingerprint density at radius 3 is 1.31 bits per heavy atom. The minimum absolute atomic E-state index is 0.0568. The number of rotatable bonds is 14. The van der Waals surface area contributed by atoms with Crippen LogP contribution in [0.4, 0.5) is 0 Å². The highest BCUT2D eigenvalue weighted by Crippen LogP contribution is 2.30. The van der Waals surface area contributed by atoms with Gasteiger partial charge >= 0.3 is 23.9 Å². The van der Waals surface area contributed by atoms with Crippen molar-refractivity contribution in [3.05, 3.63) is 12.2 Å². The summed E-state index contributed by atoms with van der Waals surface area (Å²) in [6, 6.07) is 0. The fourth-order valence-electron chi connectivity index (χ4n) is 4.63. The molecule has 36 heavy (non-hydrogen) atoms. The number of hydrogen-bond acceptors (Lipinski definition) is 10. The van der Waals surface area contributed by atoms with Crippen LogP contribution in [-0.4, -0.2) is 76.7 Å². The second-order valence-electron chi connectivity index (χ2n) is 9.17. The lowest BCUT2D eigenvalue weighted by Crippen LogP contribution is -2.38. The van der Waals surface area contributed by atoms with Crippen LogP contribution < -0.4 is 0 Å². The van der Waals surface area contributed by atoms with E-state index in [4.69, 9.17) is 28.4 Å². The lowest BCUT2D eigenvalue weighted by molar-refractivity contribution is -0.171. The van der Waals surface area contributed by atoms with Crippen LogP contribution >= 0.6 is 0 Å². The van der Waals surface area contributed by atoms with Gasteiger partial charge in [-0.05, 0) is 25.7 Å². The van der Waals surface area contributed by atoms with Crippen LogP contribution in [0.15, 0.2) is 12.2 Å². The molecule has 0 aromatic carbocycles. The first kappa shape index (κ1) is 29.8. The molecular formula is C26H40O10. The molecular weight excluding hydrogens is 472 g/mol. The third-order valence-corrected chi connectivity index (χ3v) is 6.53. The van der Waals surface area contributed by atoms with Crippen LogP contribution in [-0.2, 0) is 47.6 Å². The molecule has 0 aromatic rings. The highest BCUT2D eigenvalue weighted by Gasteiger charge is 2.35. The van der Waals surface area contributed by atoms with Gasteiger partial charge in [-0.2, -0.15) is 0 Å². The van der Waals surface area contributed by atoms with E-state index in [0.29, 0.717) is 0 Å². The largest absolute Gasteiger partial charge is 0.460 e.